The third-order valence-corrected chi connectivity index (χ3v) is 6.92. The molecule has 2 rings (SSSR count). The number of hydrogen-bond acceptors (Lipinski definition) is 5. The highest BCUT2D eigenvalue weighted by molar-refractivity contribution is 7.92. The maximum absolute atomic E-state index is 12.6. The summed E-state index contributed by atoms with van der Waals surface area (Å²) in [4.78, 5) is 14.2. The minimum Gasteiger partial charge on any atom is -0.497 e. The number of benzene rings is 1. The number of nitrogens with one attached hydrogen (secondary N) is 1. The summed E-state index contributed by atoms with van der Waals surface area (Å²) >= 11 is 0. The summed E-state index contributed by atoms with van der Waals surface area (Å²) in [6.07, 6.45) is 1.28. The van der Waals surface area contributed by atoms with Crippen molar-refractivity contribution in [2.45, 2.75) is 31.9 Å². The molecule has 1 aromatic rings. The van der Waals surface area contributed by atoms with Gasteiger partial charge in [-0.1, -0.05) is 13.8 Å². The van der Waals surface area contributed by atoms with Gasteiger partial charge in [-0.15, -0.1) is 0 Å². The lowest BCUT2D eigenvalue weighted by molar-refractivity contribution is 0.200. The smallest absolute Gasteiger partial charge is 0.321 e. The van der Waals surface area contributed by atoms with Crippen LogP contribution in [0.25, 0.3) is 0 Å². The summed E-state index contributed by atoms with van der Waals surface area (Å²) in [6, 6.07) is 4.79. The average molecular weight is 384 g/mol. The Balaban J connectivity index is 2.08. The summed E-state index contributed by atoms with van der Waals surface area (Å²) in [7, 11) is -0.139. The van der Waals surface area contributed by atoms with E-state index in [2.05, 4.69) is 5.32 Å². The molecule has 1 N–H and O–H groups in total. The van der Waals surface area contributed by atoms with Gasteiger partial charge in [0.1, 0.15) is 11.5 Å². The van der Waals surface area contributed by atoms with Gasteiger partial charge in [-0.3, -0.25) is 0 Å². The molecule has 2 amide bonds. The third kappa shape index (κ3) is 5.03. The summed E-state index contributed by atoms with van der Waals surface area (Å²) < 4.78 is 35.4. The number of hydrogen-bond donors (Lipinski definition) is 1. The number of rotatable bonds is 6. The van der Waals surface area contributed by atoms with Gasteiger partial charge in [0, 0.05) is 19.2 Å². The van der Waals surface area contributed by atoms with E-state index in [1.165, 1.54) is 7.11 Å². The van der Waals surface area contributed by atoms with Crippen LogP contribution < -0.4 is 14.8 Å². The highest BCUT2D eigenvalue weighted by atomic mass is 32.2. The summed E-state index contributed by atoms with van der Waals surface area (Å²) in [5.74, 6) is 1.34. The van der Waals surface area contributed by atoms with Crippen molar-refractivity contribution < 1.29 is 22.7 Å². The number of amides is 2. The lowest BCUT2D eigenvalue weighted by atomic mass is 10.1. The van der Waals surface area contributed by atoms with Crippen LogP contribution in [-0.2, 0) is 9.84 Å². The molecule has 1 aliphatic rings. The van der Waals surface area contributed by atoms with Crippen molar-refractivity contribution in [2.24, 2.45) is 5.92 Å². The molecular formula is C18H28N2O5S. The topological polar surface area (TPSA) is 84.9 Å². The third-order valence-electron chi connectivity index (χ3n) is 4.39. The highest BCUT2D eigenvalue weighted by Crippen LogP contribution is 2.29. The van der Waals surface area contributed by atoms with Crippen LogP contribution in [0, 0.1) is 5.92 Å². The van der Waals surface area contributed by atoms with Crippen LogP contribution in [0.5, 0.6) is 11.5 Å². The molecule has 8 heteroatoms. The van der Waals surface area contributed by atoms with E-state index in [-0.39, 0.29) is 24.2 Å². The Morgan fingerprint density at radius 3 is 2.65 bits per heavy atom. The fourth-order valence-electron chi connectivity index (χ4n) is 3.11. The molecule has 0 aromatic heterocycles. The fraction of sp³-hybridized carbons (Fsp3) is 0.611. The molecule has 26 heavy (non-hydrogen) atoms. The number of nitrogens with zero attached hydrogens (tertiary/aromatic N) is 1. The fourth-order valence-corrected chi connectivity index (χ4v) is 5.25. The Labute approximate surface area is 155 Å². The molecule has 0 bridgehead atoms. The lowest BCUT2D eigenvalue weighted by Gasteiger charge is -2.33. The summed E-state index contributed by atoms with van der Waals surface area (Å²) in [5.41, 5.74) is 0.519. The number of urea groups is 1. The SMILES string of the molecule is COc1ccc(NC(=O)N2CCC[C@@H](S(=O)(=O)CC(C)C)C2)c(OC)c1. The first-order valence-corrected chi connectivity index (χ1v) is 10.5. The number of carbonyl (C=O) groups excluding carboxylic acids is 1. The second-order valence-corrected chi connectivity index (χ2v) is 9.26. The molecule has 0 spiro atoms. The van der Waals surface area contributed by atoms with E-state index in [1.54, 1.807) is 30.2 Å². The van der Waals surface area contributed by atoms with E-state index in [0.29, 0.717) is 36.6 Å². The molecule has 0 radical (unpaired) electrons. The molecule has 0 saturated carbocycles. The van der Waals surface area contributed by atoms with Crippen molar-refractivity contribution in [3.05, 3.63) is 18.2 Å². The number of ether oxygens (including phenoxy) is 2. The minimum atomic E-state index is -3.21. The van der Waals surface area contributed by atoms with Gasteiger partial charge in [-0.2, -0.15) is 0 Å². The first-order valence-electron chi connectivity index (χ1n) is 8.76. The van der Waals surface area contributed by atoms with E-state index in [1.807, 2.05) is 13.8 Å². The van der Waals surface area contributed by atoms with Crippen molar-refractivity contribution in [1.82, 2.24) is 4.90 Å². The number of sulfone groups is 1. The molecule has 1 fully saturated rings. The maximum atomic E-state index is 12.6. The molecule has 1 atom stereocenters. The molecular weight excluding hydrogens is 356 g/mol. The van der Waals surface area contributed by atoms with Gasteiger partial charge in [0.05, 0.1) is 30.9 Å². The van der Waals surface area contributed by atoms with E-state index in [0.717, 1.165) is 0 Å². The molecule has 146 valence electrons. The zero-order chi connectivity index (χ0) is 19.3. The van der Waals surface area contributed by atoms with Crippen LogP contribution >= 0.6 is 0 Å². The van der Waals surface area contributed by atoms with Crippen LogP contribution in [0.1, 0.15) is 26.7 Å². The quantitative estimate of drug-likeness (QED) is 0.815. The van der Waals surface area contributed by atoms with Crippen molar-refractivity contribution >= 4 is 21.6 Å². The Morgan fingerprint density at radius 1 is 1.31 bits per heavy atom. The van der Waals surface area contributed by atoms with Crippen LogP contribution in [0.4, 0.5) is 10.5 Å². The molecule has 0 aliphatic carbocycles. The van der Waals surface area contributed by atoms with E-state index in [4.69, 9.17) is 9.47 Å². The number of piperidine rings is 1. The predicted octanol–water partition coefficient (Wildman–Crippen LogP) is 2.77. The second kappa shape index (κ2) is 8.62. The Bertz CT molecular complexity index is 733. The normalized spacial score (nSPS) is 17.9. The van der Waals surface area contributed by atoms with E-state index < -0.39 is 15.1 Å². The van der Waals surface area contributed by atoms with Crippen molar-refractivity contribution in [1.29, 1.82) is 0 Å². The Kier molecular flexibility index (Phi) is 6.75. The predicted molar refractivity (Wildman–Crippen MR) is 102 cm³/mol. The molecule has 1 saturated heterocycles. The molecule has 1 aliphatic heterocycles. The Hall–Kier alpha value is -1.96. The summed E-state index contributed by atoms with van der Waals surface area (Å²) in [6.45, 7) is 4.54. The standard InChI is InChI=1S/C18H28N2O5S/c1-13(2)12-26(22,23)15-6-5-9-20(11-15)18(21)19-16-8-7-14(24-3)10-17(16)25-4/h7-8,10,13,15H,5-6,9,11-12H2,1-4H3,(H,19,21)/t15-/m1/s1. The van der Waals surface area contributed by atoms with Crippen LogP contribution in [-0.4, -0.2) is 57.7 Å². The van der Waals surface area contributed by atoms with Gasteiger partial charge < -0.3 is 19.7 Å². The van der Waals surface area contributed by atoms with Gasteiger partial charge in [0.25, 0.3) is 0 Å². The lowest BCUT2D eigenvalue weighted by Crippen LogP contribution is -2.47. The number of anilines is 1. The monoisotopic (exact) mass is 384 g/mol. The Morgan fingerprint density at radius 2 is 2.04 bits per heavy atom. The van der Waals surface area contributed by atoms with Crippen molar-refractivity contribution in [3.63, 3.8) is 0 Å². The molecule has 1 heterocycles. The largest absolute Gasteiger partial charge is 0.497 e. The molecule has 0 unspecified atom stereocenters. The van der Waals surface area contributed by atoms with Gasteiger partial charge >= 0.3 is 6.03 Å². The zero-order valence-corrected chi connectivity index (χ0v) is 16.6. The van der Waals surface area contributed by atoms with Crippen LogP contribution in [0.15, 0.2) is 18.2 Å². The molecule has 1 aromatic carbocycles. The van der Waals surface area contributed by atoms with E-state index in [9.17, 15) is 13.2 Å². The van der Waals surface area contributed by atoms with Crippen molar-refractivity contribution in [3.8, 4) is 11.5 Å². The van der Waals surface area contributed by atoms with E-state index >= 15 is 0 Å². The van der Waals surface area contributed by atoms with Gasteiger partial charge in [-0.05, 0) is 30.9 Å². The highest BCUT2D eigenvalue weighted by Gasteiger charge is 2.33. The average Bonchev–Trinajstić information content (AvgIpc) is 2.61. The zero-order valence-electron chi connectivity index (χ0n) is 15.8. The van der Waals surface area contributed by atoms with Gasteiger partial charge in [0.2, 0.25) is 0 Å². The number of likely N-dealkylation sites (tertiary alicyclic amines) is 1. The first-order chi connectivity index (χ1) is 12.3. The van der Waals surface area contributed by atoms with Crippen molar-refractivity contribution in [2.75, 3.05) is 38.4 Å². The minimum absolute atomic E-state index is 0.0766. The maximum Gasteiger partial charge on any atom is 0.321 e. The summed E-state index contributed by atoms with van der Waals surface area (Å²) in [5, 5.41) is 2.31. The number of carbonyl (C=O) groups is 1. The van der Waals surface area contributed by atoms with Crippen LogP contribution in [0.3, 0.4) is 0 Å². The van der Waals surface area contributed by atoms with Crippen LogP contribution in [0.2, 0.25) is 0 Å². The van der Waals surface area contributed by atoms with Gasteiger partial charge in [0.15, 0.2) is 9.84 Å². The first kappa shape index (κ1) is 20.4. The molecule has 7 nitrogen and oxygen atoms in total. The van der Waals surface area contributed by atoms with Gasteiger partial charge in [-0.25, -0.2) is 13.2 Å². The number of methoxy groups -OCH3 is 2. The second-order valence-electron chi connectivity index (χ2n) is 6.93.